The van der Waals surface area contributed by atoms with E-state index in [1.807, 2.05) is 0 Å². The summed E-state index contributed by atoms with van der Waals surface area (Å²) in [4.78, 5) is 0. The molecule has 2 aliphatic rings. The van der Waals surface area contributed by atoms with E-state index < -0.39 is 0 Å². The van der Waals surface area contributed by atoms with Crippen molar-refractivity contribution in [1.82, 2.24) is 5.43 Å². The van der Waals surface area contributed by atoms with E-state index in [4.69, 9.17) is 0 Å². The first-order chi connectivity index (χ1) is 6.02. The number of quaternary nitrogens is 1. The standard InChI is InChI=1S/C11H23N2/c1-11(2,3)10-4-7-13(8-5-10)9-6-12-13/h10,12H,4-9H2,1-3H3/q+1. The van der Waals surface area contributed by atoms with Gasteiger partial charge in [0.25, 0.3) is 0 Å². The summed E-state index contributed by atoms with van der Waals surface area (Å²) in [5.74, 6) is 0.943. The van der Waals surface area contributed by atoms with Crippen LogP contribution in [0, 0.1) is 11.3 Å². The molecule has 2 rings (SSSR count). The third-order valence-electron chi connectivity index (χ3n) is 4.02. The molecular formula is C11H23N2+. The van der Waals surface area contributed by atoms with Crippen molar-refractivity contribution < 1.29 is 4.59 Å². The van der Waals surface area contributed by atoms with Gasteiger partial charge in [-0.15, -0.1) is 0 Å². The highest BCUT2D eigenvalue weighted by atomic mass is 15.7. The molecule has 0 aromatic carbocycles. The predicted molar refractivity (Wildman–Crippen MR) is 55.0 cm³/mol. The van der Waals surface area contributed by atoms with Gasteiger partial charge in [0.15, 0.2) is 0 Å². The van der Waals surface area contributed by atoms with Gasteiger partial charge in [-0.1, -0.05) is 20.8 Å². The third kappa shape index (κ3) is 1.75. The van der Waals surface area contributed by atoms with Gasteiger partial charge < -0.3 is 0 Å². The van der Waals surface area contributed by atoms with E-state index in [0.717, 1.165) is 5.92 Å². The minimum atomic E-state index is 0.523. The van der Waals surface area contributed by atoms with Crippen LogP contribution in [0.1, 0.15) is 33.6 Å². The van der Waals surface area contributed by atoms with Crippen molar-refractivity contribution in [2.24, 2.45) is 11.3 Å². The van der Waals surface area contributed by atoms with Gasteiger partial charge in [-0.2, -0.15) is 5.43 Å². The second-order valence-electron chi connectivity index (χ2n) is 5.86. The highest BCUT2D eigenvalue weighted by Crippen LogP contribution is 2.36. The monoisotopic (exact) mass is 183 g/mol. The maximum Gasteiger partial charge on any atom is 0.114 e. The first kappa shape index (κ1) is 9.47. The van der Waals surface area contributed by atoms with Crippen molar-refractivity contribution in [2.75, 3.05) is 26.2 Å². The van der Waals surface area contributed by atoms with Crippen LogP contribution in [-0.4, -0.2) is 30.8 Å². The molecule has 76 valence electrons. The minimum absolute atomic E-state index is 0.523. The molecule has 2 aliphatic heterocycles. The lowest BCUT2D eigenvalue weighted by Crippen LogP contribution is -2.72. The Balaban J connectivity index is 1.89. The van der Waals surface area contributed by atoms with E-state index in [-0.39, 0.29) is 0 Å². The third-order valence-corrected chi connectivity index (χ3v) is 4.02. The second-order valence-corrected chi connectivity index (χ2v) is 5.86. The summed E-state index contributed by atoms with van der Waals surface area (Å²) < 4.78 is 1.23. The first-order valence-electron chi connectivity index (χ1n) is 5.63. The van der Waals surface area contributed by atoms with Crippen LogP contribution < -0.4 is 5.43 Å². The zero-order chi connectivity index (χ0) is 9.53. The summed E-state index contributed by atoms with van der Waals surface area (Å²) in [5.41, 5.74) is 4.09. The lowest BCUT2D eigenvalue weighted by molar-refractivity contribution is -1.01. The number of piperidine rings is 1. The van der Waals surface area contributed by atoms with Crippen LogP contribution >= 0.6 is 0 Å². The van der Waals surface area contributed by atoms with Crippen LogP contribution in [-0.2, 0) is 0 Å². The normalized spacial score (nSPS) is 40.4. The minimum Gasteiger partial charge on any atom is -0.244 e. The number of hydrogen-bond donors (Lipinski definition) is 1. The van der Waals surface area contributed by atoms with Crippen molar-refractivity contribution in [3.05, 3.63) is 0 Å². The van der Waals surface area contributed by atoms with Crippen LogP contribution in [0.2, 0.25) is 0 Å². The highest BCUT2D eigenvalue weighted by Gasteiger charge is 2.42. The summed E-state index contributed by atoms with van der Waals surface area (Å²) >= 11 is 0. The van der Waals surface area contributed by atoms with Crippen LogP contribution in [0.4, 0.5) is 0 Å². The molecule has 0 saturated carbocycles. The Kier molecular flexibility index (Phi) is 2.16. The van der Waals surface area contributed by atoms with Gasteiger partial charge in [0.1, 0.15) is 6.54 Å². The van der Waals surface area contributed by atoms with Crippen molar-refractivity contribution >= 4 is 0 Å². The van der Waals surface area contributed by atoms with Crippen LogP contribution in [0.5, 0.6) is 0 Å². The lowest BCUT2D eigenvalue weighted by Gasteiger charge is -2.50. The fraction of sp³-hybridized carbons (Fsp3) is 1.00. The van der Waals surface area contributed by atoms with Crippen molar-refractivity contribution in [2.45, 2.75) is 33.6 Å². The molecule has 0 atom stereocenters. The maximum atomic E-state index is 3.57. The second kappa shape index (κ2) is 2.96. The summed E-state index contributed by atoms with van der Waals surface area (Å²) in [5, 5.41) is 0. The van der Waals surface area contributed by atoms with Gasteiger partial charge in [-0.25, -0.2) is 4.59 Å². The molecule has 0 aromatic rings. The van der Waals surface area contributed by atoms with Gasteiger partial charge >= 0.3 is 0 Å². The highest BCUT2D eigenvalue weighted by molar-refractivity contribution is 4.77. The SMILES string of the molecule is CC(C)(C)C1CC[N+]2(CCN2)CC1. The Labute approximate surface area is 81.9 Å². The number of nitrogens with one attached hydrogen (secondary N) is 1. The smallest absolute Gasteiger partial charge is 0.114 e. The fourth-order valence-electron chi connectivity index (χ4n) is 2.74. The zero-order valence-corrected chi connectivity index (χ0v) is 9.27. The summed E-state index contributed by atoms with van der Waals surface area (Å²) in [6.07, 6.45) is 2.83. The Morgan fingerprint density at radius 3 is 1.92 bits per heavy atom. The summed E-state index contributed by atoms with van der Waals surface area (Å²) in [7, 11) is 0. The van der Waals surface area contributed by atoms with Crippen molar-refractivity contribution in [1.29, 1.82) is 0 Å². The van der Waals surface area contributed by atoms with Gasteiger partial charge in [-0.3, -0.25) is 0 Å². The van der Waals surface area contributed by atoms with E-state index in [2.05, 4.69) is 26.2 Å². The van der Waals surface area contributed by atoms with Crippen molar-refractivity contribution in [3.63, 3.8) is 0 Å². The Bertz CT molecular complexity index is 179. The predicted octanol–water partition coefficient (Wildman–Crippen LogP) is 1.78. The van der Waals surface area contributed by atoms with E-state index >= 15 is 0 Å². The molecular weight excluding hydrogens is 160 g/mol. The Hall–Kier alpha value is -0.0800. The average molecular weight is 183 g/mol. The largest absolute Gasteiger partial charge is 0.244 e. The van der Waals surface area contributed by atoms with E-state index in [0.29, 0.717) is 5.41 Å². The number of rotatable bonds is 0. The van der Waals surface area contributed by atoms with E-state index in [1.165, 1.54) is 43.6 Å². The molecule has 0 radical (unpaired) electrons. The molecule has 0 aliphatic carbocycles. The quantitative estimate of drug-likeness (QED) is 0.564. The molecule has 1 N–H and O–H groups in total. The molecule has 2 nitrogen and oxygen atoms in total. The number of nitrogens with zero attached hydrogens (tertiary/aromatic N) is 1. The number of hydrogen-bond acceptors (Lipinski definition) is 1. The fourth-order valence-corrected chi connectivity index (χ4v) is 2.74. The van der Waals surface area contributed by atoms with Gasteiger partial charge in [-0.05, 0) is 11.3 Å². The van der Waals surface area contributed by atoms with E-state index in [9.17, 15) is 0 Å². The Morgan fingerprint density at radius 2 is 1.62 bits per heavy atom. The zero-order valence-electron chi connectivity index (χ0n) is 9.27. The van der Waals surface area contributed by atoms with E-state index in [1.54, 1.807) is 0 Å². The lowest BCUT2D eigenvalue weighted by atomic mass is 9.75. The molecule has 0 bridgehead atoms. The van der Waals surface area contributed by atoms with Crippen LogP contribution in [0.25, 0.3) is 0 Å². The summed E-state index contributed by atoms with van der Waals surface area (Å²) in [6, 6.07) is 0. The van der Waals surface area contributed by atoms with Crippen LogP contribution in [0.3, 0.4) is 0 Å². The topological polar surface area (TPSA) is 12.0 Å². The molecule has 2 fully saturated rings. The molecule has 2 heteroatoms. The van der Waals surface area contributed by atoms with Crippen LogP contribution in [0.15, 0.2) is 0 Å². The molecule has 0 aromatic heterocycles. The molecule has 1 spiro atoms. The molecule has 0 amide bonds. The van der Waals surface area contributed by atoms with Gasteiger partial charge in [0, 0.05) is 12.8 Å². The maximum absolute atomic E-state index is 3.57. The van der Waals surface area contributed by atoms with Gasteiger partial charge in [0.05, 0.1) is 19.6 Å². The molecule has 2 saturated heterocycles. The Morgan fingerprint density at radius 1 is 1.08 bits per heavy atom. The first-order valence-corrected chi connectivity index (χ1v) is 5.63. The molecule has 13 heavy (non-hydrogen) atoms. The average Bonchev–Trinajstić information content (AvgIpc) is 2.00. The van der Waals surface area contributed by atoms with Gasteiger partial charge in [0.2, 0.25) is 0 Å². The van der Waals surface area contributed by atoms with Crippen molar-refractivity contribution in [3.8, 4) is 0 Å². The molecule has 2 heterocycles. The molecule has 0 unspecified atom stereocenters. The summed E-state index contributed by atoms with van der Waals surface area (Å²) in [6.45, 7) is 12.5.